The van der Waals surface area contributed by atoms with E-state index in [9.17, 15) is 8.42 Å². The molecule has 22 heavy (non-hydrogen) atoms. The average Bonchev–Trinajstić information content (AvgIpc) is 2.85. The van der Waals surface area contributed by atoms with Gasteiger partial charge in [0.05, 0.1) is 10.0 Å². The molecule has 3 rings (SSSR count). The molecule has 0 radical (unpaired) electrons. The van der Waals surface area contributed by atoms with E-state index >= 15 is 0 Å². The molecule has 0 atom stereocenters. The number of rotatable bonds is 3. The van der Waals surface area contributed by atoms with Gasteiger partial charge in [0.15, 0.2) is 5.82 Å². The van der Waals surface area contributed by atoms with Crippen molar-refractivity contribution >= 4 is 61.5 Å². The predicted octanol–water partition coefficient (Wildman–Crippen LogP) is 4.32. The van der Waals surface area contributed by atoms with Crippen molar-refractivity contribution in [3.05, 3.63) is 51.7 Å². The van der Waals surface area contributed by atoms with E-state index in [2.05, 4.69) is 14.7 Å². The third-order valence-corrected chi connectivity index (χ3v) is 5.04. The molecule has 2 N–H and O–H groups in total. The zero-order chi connectivity index (χ0) is 15.9. The maximum Gasteiger partial charge on any atom is 0.265 e. The molecule has 3 aromatic rings. The van der Waals surface area contributed by atoms with Crippen molar-refractivity contribution in [1.29, 1.82) is 0 Å². The highest BCUT2D eigenvalue weighted by atomic mass is 35.5. The van der Waals surface area contributed by atoms with Crippen LogP contribution in [0.5, 0.6) is 0 Å². The lowest BCUT2D eigenvalue weighted by Gasteiger charge is -2.08. The van der Waals surface area contributed by atoms with Crippen molar-refractivity contribution in [2.75, 3.05) is 4.72 Å². The number of fused-ring (bicyclic) bond motifs is 1. The third kappa shape index (κ3) is 2.87. The molecule has 0 spiro atoms. The Balaban J connectivity index is 2.05. The fourth-order valence-electron chi connectivity index (χ4n) is 1.97. The van der Waals surface area contributed by atoms with Crippen molar-refractivity contribution in [2.45, 2.75) is 4.90 Å². The van der Waals surface area contributed by atoms with Crippen LogP contribution >= 0.6 is 34.8 Å². The Morgan fingerprint density at radius 1 is 1.09 bits per heavy atom. The summed E-state index contributed by atoms with van der Waals surface area (Å²) in [5.74, 6) is 0.00869. The van der Waals surface area contributed by atoms with E-state index in [0.717, 1.165) is 0 Å². The van der Waals surface area contributed by atoms with Gasteiger partial charge >= 0.3 is 0 Å². The lowest BCUT2D eigenvalue weighted by atomic mass is 10.2. The van der Waals surface area contributed by atoms with Crippen LogP contribution in [0.4, 0.5) is 5.82 Å². The first-order valence-electron chi connectivity index (χ1n) is 5.97. The van der Waals surface area contributed by atoms with Gasteiger partial charge in [-0.2, -0.15) is 0 Å². The molecule has 114 valence electrons. The zero-order valence-electron chi connectivity index (χ0n) is 10.8. The average molecular weight is 377 g/mol. The number of aromatic amines is 1. The number of H-pyrrole nitrogens is 1. The lowest BCUT2D eigenvalue weighted by Crippen LogP contribution is -2.13. The molecule has 0 saturated carbocycles. The highest BCUT2D eigenvalue weighted by Gasteiger charge is 2.21. The number of sulfonamides is 1. The van der Waals surface area contributed by atoms with E-state index in [4.69, 9.17) is 34.8 Å². The van der Waals surface area contributed by atoms with Crippen LogP contribution in [0, 0.1) is 0 Å². The summed E-state index contributed by atoms with van der Waals surface area (Å²) >= 11 is 17.6. The molecule has 2 heterocycles. The summed E-state index contributed by atoms with van der Waals surface area (Å²) in [6, 6.07) is 6.29. The molecule has 2 aromatic heterocycles. The van der Waals surface area contributed by atoms with Crippen LogP contribution in [-0.4, -0.2) is 18.4 Å². The standard InChI is InChI=1S/C13H8Cl3N3O2S/c14-7-1-2-9-11(4-7)17-6-12(9)22(20,21)19-13-10(16)3-8(15)5-18-13/h1-6,17H,(H,18,19). The zero-order valence-corrected chi connectivity index (χ0v) is 13.9. The molecule has 0 aliphatic heterocycles. The topological polar surface area (TPSA) is 74.8 Å². The fraction of sp³-hybridized carbons (Fsp3) is 0. The van der Waals surface area contributed by atoms with Crippen LogP contribution in [-0.2, 0) is 10.0 Å². The second-order valence-electron chi connectivity index (χ2n) is 4.43. The van der Waals surface area contributed by atoms with Crippen LogP contribution in [0.2, 0.25) is 15.1 Å². The number of anilines is 1. The molecular weight excluding hydrogens is 369 g/mol. The quantitative estimate of drug-likeness (QED) is 0.714. The summed E-state index contributed by atoms with van der Waals surface area (Å²) in [4.78, 5) is 6.82. The number of aromatic nitrogens is 2. The lowest BCUT2D eigenvalue weighted by molar-refractivity contribution is 0.602. The molecular formula is C13H8Cl3N3O2S. The van der Waals surface area contributed by atoms with Crippen molar-refractivity contribution in [2.24, 2.45) is 0 Å². The van der Waals surface area contributed by atoms with E-state index in [1.165, 1.54) is 18.5 Å². The summed E-state index contributed by atoms with van der Waals surface area (Å²) < 4.78 is 27.3. The van der Waals surface area contributed by atoms with Crippen LogP contribution in [0.15, 0.2) is 41.6 Å². The second-order valence-corrected chi connectivity index (χ2v) is 7.36. The van der Waals surface area contributed by atoms with E-state index in [0.29, 0.717) is 20.9 Å². The van der Waals surface area contributed by atoms with Gasteiger partial charge in [-0.1, -0.05) is 34.8 Å². The largest absolute Gasteiger partial charge is 0.360 e. The smallest absolute Gasteiger partial charge is 0.265 e. The summed E-state index contributed by atoms with van der Waals surface area (Å²) in [5.41, 5.74) is 0.614. The number of halogens is 3. The highest BCUT2D eigenvalue weighted by molar-refractivity contribution is 7.93. The molecule has 0 fully saturated rings. The third-order valence-electron chi connectivity index (χ3n) is 2.93. The summed E-state index contributed by atoms with van der Waals surface area (Å²) in [6.07, 6.45) is 2.69. The molecule has 0 bridgehead atoms. The van der Waals surface area contributed by atoms with Crippen LogP contribution in [0.3, 0.4) is 0 Å². The minimum Gasteiger partial charge on any atom is -0.360 e. The minimum atomic E-state index is -3.86. The Morgan fingerprint density at radius 2 is 1.86 bits per heavy atom. The summed E-state index contributed by atoms with van der Waals surface area (Å²) in [5, 5.41) is 1.45. The number of nitrogens with one attached hydrogen (secondary N) is 2. The van der Waals surface area contributed by atoms with E-state index in [1.807, 2.05) is 0 Å². The first kappa shape index (κ1) is 15.4. The van der Waals surface area contributed by atoms with Crippen molar-refractivity contribution in [3.63, 3.8) is 0 Å². The van der Waals surface area contributed by atoms with Crippen LogP contribution in [0.1, 0.15) is 0 Å². The second kappa shape index (κ2) is 5.62. The monoisotopic (exact) mass is 375 g/mol. The number of hydrogen-bond donors (Lipinski definition) is 2. The van der Waals surface area contributed by atoms with Gasteiger partial charge in [-0.3, -0.25) is 4.72 Å². The number of pyridine rings is 1. The maximum absolute atomic E-state index is 12.5. The van der Waals surface area contributed by atoms with Crippen LogP contribution in [0.25, 0.3) is 10.9 Å². The summed E-state index contributed by atoms with van der Waals surface area (Å²) in [7, 11) is -3.86. The molecule has 5 nitrogen and oxygen atoms in total. The molecule has 0 saturated heterocycles. The Bertz CT molecular complexity index is 970. The summed E-state index contributed by atoms with van der Waals surface area (Å²) in [6.45, 7) is 0. The van der Waals surface area contributed by atoms with Crippen LogP contribution < -0.4 is 4.72 Å². The van der Waals surface area contributed by atoms with Gasteiger partial charge in [0.25, 0.3) is 10.0 Å². The first-order valence-corrected chi connectivity index (χ1v) is 8.59. The van der Waals surface area contributed by atoms with Crippen molar-refractivity contribution < 1.29 is 8.42 Å². The SMILES string of the molecule is O=S(=O)(Nc1ncc(Cl)cc1Cl)c1c[nH]c2cc(Cl)ccc12. The number of benzene rings is 1. The molecule has 1 aromatic carbocycles. The van der Waals surface area contributed by atoms with Crippen molar-refractivity contribution in [1.82, 2.24) is 9.97 Å². The normalized spacial score (nSPS) is 11.8. The molecule has 9 heteroatoms. The molecule has 0 unspecified atom stereocenters. The fourth-order valence-corrected chi connectivity index (χ4v) is 3.83. The van der Waals surface area contributed by atoms with Gasteiger partial charge in [-0.25, -0.2) is 13.4 Å². The number of hydrogen-bond acceptors (Lipinski definition) is 3. The Labute approximate surface area is 141 Å². The maximum atomic E-state index is 12.5. The molecule has 0 aliphatic carbocycles. The Kier molecular flexibility index (Phi) is 3.94. The van der Waals surface area contributed by atoms with Gasteiger partial charge < -0.3 is 4.98 Å². The Hall–Kier alpha value is -1.47. The van der Waals surface area contributed by atoms with Gasteiger partial charge in [-0.15, -0.1) is 0 Å². The van der Waals surface area contributed by atoms with E-state index in [1.54, 1.807) is 18.2 Å². The van der Waals surface area contributed by atoms with Gasteiger partial charge in [0.1, 0.15) is 4.90 Å². The first-order chi connectivity index (χ1) is 10.4. The highest BCUT2D eigenvalue weighted by Crippen LogP contribution is 2.29. The molecule has 0 amide bonds. The van der Waals surface area contributed by atoms with Crippen molar-refractivity contribution in [3.8, 4) is 0 Å². The number of nitrogens with zero attached hydrogens (tertiary/aromatic N) is 1. The van der Waals surface area contributed by atoms with E-state index < -0.39 is 10.0 Å². The van der Waals surface area contributed by atoms with E-state index in [-0.39, 0.29) is 15.7 Å². The molecule has 0 aliphatic rings. The van der Waals surface area contributed by atoms with Gasteiger partial charge in [0.2, 0.25) is 0 Å². The van der Waals surface area contributed by atoms with Gasteiger partial charge in [-0.05, 0) is 24.3 Å². The predicted molar refractivity (Wildman–Crippen MR) is 88.4 cm³/mol. The van der Waals surface area contributed by atoms with Gasteiger partial charge in [0, 0.05) is 28.3 Å². The minimum absolute atomic E-state index is 0.00869. The Morgan fingerprint density at radius 3 is 2.59 bits per heavy atom.